The lowest BCUT2D eigenvalue weighted by Crippen LogP contribution is -2.31. The largest absolute Gasteiger partial charge is 0.449 e. The number of anilines is 1. The Morgan fingerprint density at radius 3 is 2.50 bits per heavy atom. The third kappa shape index (κ3) is 7.07. The molecule has 8 heteroatoms. The van der Waals surface area contributed by atoms with E-state index in [1.165, 1.54) is 18.7 Å². The lowest BCUT2D eigenvalue weighted by atomic mass is 10.2. The van der Waals surface area contributed by atoms with Gasteiger partial charge in [-0.3, -0.25) is 9.59 Å². The molecule has 2 aromatic carbocycles. The van der Waals surface area contributed by atoms with Gasteiger partial charge in [0.25, 0.3) is 5.91 Å². The molecule has 2 aromatic rings. The molecule has 0 aromatic heterocycles. The van der Waals surface area contributed by atoms with Gasteiger partial charge in [0.05, 0.1) is 11.3 Å². The maximum absolute atomic E-state index is 12.6. The van der Waals surface area contributed by atoms with E-state index in [1.54, 1.807) is 42.5 Å². The van der Waals surface area contributed by atoms with Crippen LogP contribution >= 0.6 is 23.4 Å². The van der Waals surface area contributed by atoms with E-state index in [2.05, 4.69) is 10.6 Å². The molecule has 0 saturated heterocycles. The first-order valence-electron chi connectivity index (χ1n) is 9.46. The number of amides is 2. The SMILES string of the molecule is Cc1ccc(Cl)cc1NC(=O)C(C)OC(=O)c1ccccc1SCC(=O)NC(C)C. The minimum atomic E-state index is -1.02. The summed E-state index contributed by atoms with van der Waals surface area (Å²) in [6.07, 6.45) is -1.02. The molecule has 0 spiro atoms. The van der Waals surface area contributed by atoms with Crippen LogP contribution in [0, 0.1) is 6.92 Å². The van der Waals surface area contributed by atoms with Crippen LogP contribution < -0.4 is 10.6 Å². The van der Waals surface area contributed by atoms with Crippen molar-refractivity contribution in [3.05, 3.63) is 58.6 Å². The van der Waals surface area contributed by atoms with E-state index in [9.17, 15) is 14.4 Å². The van der Waals surface area contributed by atoms with E-state index in [1.807, 2.05) is 20.8 Å². The van der Waals surface area contributed by atoms with Crippen molar-refractivity contribution in [2.75, 3.05) is 11.1 Å². The van der Waals surface area contributed by atoms with Gasteiger partial charge in [-0.15, -0.1) is 11.8 Å². The molecule has 6 nitrogen and oxygen atoms in total. The smallest absolute Gasteiger partial charge is 0.340 e. The van der Waals surface area contributed by atoms with Gasteiger partial charge in [0, 0.05) is 21.6 Å². The van der Waals surface area contributed by atoms with Crippen molar-refractivity contribution in [2.45, 2.75) is 44.7 Å². The average Bonchev–Trinajstić information content (AvgIpc) is 2.68. The quantitative estimate of drug-likeness (QED) is 0.460. The summed E-state index contributed by atoms with van der Waals surface area (Å²) in [5.41, 5.74) is 1.70. The van der Waals surface area contributed by atoms with Crippen LogP contribution in [0.3, 0.4) is 0 Å². The van der Waals surface area contributed by atoms with E-state index in [4.69, 9.17) is 16.3 Å². The molecule has 0 radical (unpaired) electrons. The fourth-order valence-corrected chi connectivity index (χ4v) is 3.53. The second kappa shape index (κ2) is 11.0. The Bertz CT molecular complexity index is 933. The van der Waals surface area contributed by atoms with Crippen molar-refractivity contribution in [2.24, 2.45) is 0 Å². The zero-order chi connectivity index (χ0) is 22.3. The normalized spacial score (nSPS) is 11.7. The standard InChI is InChI=1S/C22H25ClN2O4S/c1-13(2)24-20(26)12-30-19-8-6-5-7-17(19)22(28)29-15(4)21(27)25-18-11-16(23)10-9-14(18)3/h5-11,13,15H,12H2,1-4H3,(H,24,26)(H,25,27). The van der Waals surface area contributed by atoms with Gasteiger partial charge < -0.3 is 15.4 Å². The van der Waals surface area contributed by atoms with E-state index < -0.39 is 18.0 Å². The highest BCUT2D eigenvalue weighted by Gasteiger charge is 2.22. The Balaban J connectivity index is 2.02. The van der Waals surface area contributed by atoms with Crippen molar-refractivity contribution in [3.8, 4) is 0 Å². The van der Waals surface area contributed by atoms with Gasteiger partial charge in [0.1, 0.15) is 0 Å². The monoisotopic (exact) mass is 448 g/mol. The van der Waals surface area contributed by atoms with Crippen molar-refractivity contribution in [3.63, 3.8) is 0 Å². The summed E-state index contributed by atoms with van der Waals surface area (Å²) in [7, 11) is 0. The Kier molecular flexibility index (Phi) is 8.74. The number of ether oxygens (including phenoxy) is 1. The first kappa shape index (κ1) is 23.8. The summed E-state index contributed by atoms with van der Waals surface area (Å²) in [5, 5.41) is 6.02. The van der Waals surface area contributed by atoms with Crippen molar-refractivity contribution < 1.29 is 19.1 Å². The van der Waals surface area contributed by atoms with Crippen molar-refractivity contribution in [1.29, 1.82) is 0 Å². The number of halogens is 1. The molecule has 0 heterocycles. The van der Waals surface area contributed by atoms with Gasteiger partial charge in [0.15, 0.2) is 6.10 Å². The van der Waals surface area contributed by atoms with Crippen molar-refractivity contribution >= 4 is 46.8 Å². The summed E-state index contributed by atoms with van der Waals surface area (Å²) in [6, 6.07) is 12.0. The molecule has 1 atom stereocenters. The number of hydrogen-bond donors (Lipinski definition) is 2. The molecule has 2 N–H and O–H groups in total. The molecule has 2 rings (SSSR count). The molecule has 0 aliphatic carbocycles. The number of aryl methyl sites for hydroxylation is 1. The first-order valence-corrected chi connectivity index (χ1v) is 10.8. The summed E-state index contributed by atoms with van der Waals surface area (Å²) in [6.45, 7) is 7.10. The maximum Gasteiger partial charge on any atom is 0.340 e. The summed E-state index contributed by atoms with van der Waals surface area (Å²) in [5.74, 6) is -1.04. The highest BCUT2D eigenvalue weighted by Crippen LogP contribution is 2.24. The first-order chi connectivity index (χ1) is 14.2. The molecule has 0 fully saturated rings. The maximum atomic E-state index is 12.6. The fourth-order valence-electron chi connectivity index (χ4n) is 2.51. The molecule has 0 aliphatic rings. The van der Waals surface area contributed by atoms with E-state index in [-0.39, 0.29) is 17.7 Å². The van der Waals surface area contributed by atoms with Crippen LogP contribution in [0.25, 0.3) is 0 Å². The second-order valence-electron chi connectivity index (χ2n) is 7.00. The van der Waals surface area contributed by atoms with Crippen LogP contribution in [0.15, 0.2) is 47.4 Å². The Labute approximate surface area is 185 Å². The molecule has 0 saturated carbocycles. The van der Waals surface area contributed by atoms with Gasteiger partial charge >= 0.3 is 5.97 Å². The van der Waals surface area contributed by atoms with Crippen LogP contribution in [0.2, 0.25) is 5.02 Å². The molecule has 0 bridgehead atoms. The molecule has 0 aliphatic heterocycles. The number of carbonyl (C=O) groups is 3. The van der Waals surface area contributed by atoms with Gasteiger partial charge in [0.2, 0.25) is 5.91 Å². The molecular formula is C22H25ClN2O4S. The van der Waals surface area contributed by atoms with Gasteiger partial charge in [-0.1, -0.05) is 29.8 Å². The Hall–Kier alpha value is -2.51. The van der Waals surface area contributed by atoms with Gasteiger partial charge in [-0.05, 0) is 57.5 Å². The van der Waals surface area contributed by atoms with Gasteiger partial charge in [-0.25, -0.2) is 4.79 Å². The van der Waals surface area contributed by atoms with Crippen molar-refractivity contribution in [1.82, 2.24) is 5.32 Å². The van der Waals surface area contributed by atoms with E-state index >= 15 is 0 Å². The number of nitrogens with one attached hydrogen (secondary N) is 2. The number of esters is 1. The zero-order valence-corrected chi connectivity index (χ0v) is 18.9. The number of carbonyl (C=O) groups excluding carboxylic acids is 3. The lowest BCUT2D eigenvalue weighted by Gasteiger charge is -2.16. The van der Waals surface area contributed by atoms with Crippen LogP contribution in [0.4, 0.5) is 5.69 Å². The number of benzene rings is 2. The van der Waals surface area contributed by atoms with Crippen LogP contribution in [-0.4, -0.2) is 35.7 Å². The predicted molar refractivity (Wildman–Crippen MR) is 120 cm³/mol. The highest BCUT2D eigenvalue weighted by atomic mass is 35.5. The third-order valence-electron chi connectivity index (χ3n) is 4.03. The predicted octanol–water partition coefficient (Wildman–Crippen LogP) is 4.45. The molecule has 1 unspecified atom stereocenters. The summed E-state index contributed by atoms with van der Waals surface area (Å²) < 4.78 is 5.35. The highest BCUT2D eigenvalue weighted by molar-refractivity contribution is 8.00. The van der Waals surface area contributed by atoms with Crippen LogP contribution in [0.1, 0.15) is 36.7 Å². The molecule has 2 amide bonds. The molecule has 30 heavy (non-hydrogen) atoms. The zero-order valence-electron chi connectivity index (χ0n) is 17.3. The van der Waals surface area contributed by atoms with Gasteiger partial charge in [-0.2, -0.15) is 0 Å². The van der Waals surface area contributed by atoms with Crippen LogP contribution in [-0.2, 0) is 14.3 Å². The third-order valence-corrected chi connectivity index (χ3v) is 5.33. The number of rotatable bonds is 8. The summed E-state index contributed by atoms with van der Waals surface area (Å²) in [4.78, 5) is 37.6. The average molecular weight is 449 g/mol. The minimum Gasteiger partial charge on any atom is -0.449 e. The fraction of sp³-hybridized carbons (Fsp3) is 0.318. The lowest BCUT2D eigenvalue weighted by molar-refractivity contribution is -0.123. The topological polar surface area (TPSA) is 84.5 Å². The molecule has 160 valence electrons. The second-order valence-corrected chi connectivity index (χ2v) is 8.46. The Morgan fingerprint density at radius 1 is 1.10 bits per heavy atom. The van der Waals surface area contributed by atoms with E-state index in [0.29, 0.717) is 21.2 Å². The minimum absolute atomic E-state index is 0.0424. The van der Waals surface area contributed by atoms with E-state index in [0.717, 1.165) is 5.56 Å². The molecular weight excluding hydrogens is 424 g/mol. The number of thioether (sulfide) groups is 1. The Morgan fingerprint density at radius 2 is 1.80 bits per heavy atom. The number of hydrogen-bond acceptors (Lipinski definition) is 5. The summed E-state index contributed by atoms with van der Waals surface area (Å²) >= 11 is 7.21. The van der Waals surface area contributed by atoms with Crippen LogP contribution in [0.5, 0.6) is 0 Å².